The van der Waals surface area contributed by atoms with E-state index in [1.807, 2.05) is 6.20 Å². The summed E-state index contributed by atoms with van der Waals surface area (Å²) < 4.78 is 19.1. The third kappa shape index (κ3) is 4.85. The average molecular weight is 344 g/mol. The standard InChI is InChI=1S/C21H29FN2O/c1-3-4-5-18-8-10-23(11-9-18)15-17(2)16-24-12-13-25-21-7-6-19(22)14-20(21)24/h5-7,12-14,17H,3-4,8-11,15-16H2,1-2H3/t17-/m1/s1. The number of allylic oxidation sites excluding steroid dienone is 1. The topological polar surface area (TPSA) is 15.7 Å². The summed E-state index contributed by atoms with van der Waals surface area (Å²) in [5.41, 5.74) is 2.45. The number of halogens is 1. The highest BCUT2D eigenvalue weighted by Gasteiger charge is 2.20. The van der Waals surface area contributed by atoms with Crippen molar-refractivity contribution in [3.8, 4) is 5.75 Å². The second kappa shape index (κ2) is 8.52. The first kappa shape index (κ1) is 18.0. The van der Waals surface area contributed by atoms with Gasteiger partial charge < -0.3 is 14.5 Å². The Morgan fingerprint density at radius 3 is 2.80 bits per heavy atom. The molecule has 4 heteroatoms. The maximum Gasteiger partial charge on any atom is 0.150 e. The molecule has 1 aromatic rings. The van der Waals surface area contributed by atoms with Gasteiger partial charge in [0.05, 0.1) is 5.69 Å². The predicted octanol–water partition coefficient (Wildman–Crippen LogP) is 4.95. The molecule has 136 valence electrons. The summed E-state index contributed by atoms with van der Waals surface area (Å²) in [6.45, 7) is 8.76. The van der Waals surface area contributed by atoms with Crippen LogP contribution in [0.25, 0.3) is 0 Å². The summed E-state index contributed by atoms with van der Waals surface area (Å²) >= 11 is 0. The number of benzene rings is 1. The van der Waals surface area contributed by atoms with Gasteiger partial charge in [0.25, 0.3) is 0 Å². The highest BCUT2D eigenvalue weighted by molar-refractivity contribution is 5.62. The quantitative estimate of drug-likeness (QED) is 0.679. The second-order valence-electron chi connectivity index (χ2n) is 7.22. The largest absolute Gasteiger partial charge is 0.461 e. The summed E-state index contributed by atoms with van der Waals surface area (Å²) in [5.74, 6) is 0.998. The SMILES string of the molecule is CCCC=C1CCN(C[C@@H](C)CN2C=COc3ccc(F)cc32)CC1. The van der Waals surface area contributed by atoms with Gasteiger partial charge >= 0.3 is 0 Å². The maximum atomic E-state index is 13.6. The van der Waals surface area contributed by atoms with E-state index in [1.54, 1.807) is 24.0 Å². The monoisotopic (exact) mass is 344 g/mol. The van der Waals surface area contributed by atoms with Gasteiger partial charge in [-0.3, -0.25) is 0 Å². The van der Waals surface area contributed by atoms with E-state index in [1.165, 1.54) is 31.7 Å². The van der Waals surface area contributed by atoms with Crippen LogP contribution < -0.4 is 9.64 Å². The van der Waals surface area contributed by atoms with Crippen LogP contribution in [0.3, 0.4) is 0 Å². The van der Waals surface area contributed by atoms with Crippen molar-refractivity contribution in [3.05, 3.63) is 48.1 Å². The molecule has 0 spiro atoms. The molecular weight excluding hydrogens is 315 g/mol. The zero-order valence-corrected chi connectivity index (χ0v) is 15.4. The van der Waals surface area contributed by atoms with Crippen LogP contribution in [0.5, 0.6) is 5.75 Å². The van der Waals surface area contributed by atoms with Gasteiger partial charge in [0.1, 0.15) is 17.8 Å². The lowest BCUT2D eigenvalue weighted by atomic mass is 10.0. The molecule has 0 N–H and O–H groups in total. The molecule has 0 radical (unpaired) electrons. The lowest BCUT2D eigenvalue weighted by molar-refractivity contribution is 0.224. The third-order valence-electron chi connectivity index (χ3n) is 4.96. The fourth-order valence-corrected chi connectivity index (χ4v) is 3.64. The van der Waals surface area contributed by atoms with E-state index < -0.39 is 0 Å². The first-order valence-corrected chi connectivity index (χ1v) is 9.45. The summed E-state index contributed by atoms with van der Waals surface area (Å²) in [7, 11) is 0. The molecule has 2 heterocycles. The summed E-state index contributed by atoms with van der Waals surface area (Å²) in [5, 5.41) is 0. The number of anilines is 1. The van der Waals surface area contributed by atoms with Crippen LogP contribution in [0.2, 0.25) is 0 Å². The number of hydrogen-bond acceptors (Lipinski definition) is 3. The minimum atomic E-state index is -0.224. The lowest BCUT2D eigenvalue weighted by Gasteiger charge is -2.33. The molecule has 0 aliphatic carbocycles. The molecule has 2 aliphatic rings. The van der Waals surface area contributed by atoms with E-state index in [0.29, 0.717) is 5.92 Å². The fourth-order valence-electron chi connectivity index (χ4n) is 3.64. The Hall–Kier alpha value is -1.81. The van der Waals surface area contributed by atoms with Gasteiger partial charge in [-0.2, -0.15) is 0 Å². The van der Waals surface area contributed by atoms with Crippen molar-refractivity contribution in [2.75, 3.05) is 31.1 Å². The first-order chi connectivity index (χ1) is 12.2. The van der Waals surface area contributed by atoms with E-state index in [-0.39, 0.29) is 5.82 Å². The molecule has 1 aromatic carbocycles. The highest BCUT2D eigenvalue weighted by Crippen LogP contribution is 2.33. The van der Waals surface area contributed by atoms with Crippen LogP contribution in [0.4, 0.5) is 10.1 Å². The van der Waals surface area contributed by atoms with Crippen LogP contribution in [-0.4, -0.2) is 31.1 Å². The van der Waals surface area contributed by atoms with Gasteiger partial charge in [-0.1, -0.05) is 31.9 Å². The van der Waals surface area contributed by atoms with Crippen molar-refractivity contribution in [1.29, 1.82) is 0 Å². The average Bonchev–Trinajstić information content (AvgIpc) is 2.61. The van der Waals surface area contributed by atoms with Crippen molar-refractivity contribution < 1.29 is 9.13 Å². The Bertz CT molecular complexity index is 631. The summed E-state index contributed by atoms with van der Waals surface area (Å²) in [6.07, 6.45) is 10.9. The molecule has 0 amide bonds. The molecule has 0 unspecified atom stereocenters. The first-order valence-electron chi connectivity index (χ1n) is 9.45. The van der Waals surface area contributed by atoms with Gasteiger partial charge in [-0.25, -0.2) is 4.39 Å². The van der Waals surface area contributed by atoms with Gasteiger partial charge in [-0.05, 0) is 37.3 Å². The second-order valence-corrected chi connectivity index (χ2v) is 7.22. The van der Waals surface area contributed by atoms with Crippen molar-refractivity contribution in [2.24, 2.45) is 5.92 Å². The summed E-state index contributed by atoms with van der Waals surface area (Å²) in [4.78, 5) is 4.66. The molecule has 1 atom stereocenters. The van der Waals surface area contributed by atoms with E-state index >= 15 is 0 Å². The fraction of sp³-hybridized carbons (Fsp3) is 0.524. The number of rotatable bonds is 6. The van der Waals surface area contributed by atoms with E-state index in [0.717, 1.165) is 37.6 Å². The Morgan fingerprint density at radius 1 is 1.24 bits per heavy atom. The number of fused-ring (bicyclic) bond motifs is 1. The minimum Gasteiger partial charge on any atom is -0.461 e. The van der Waals surface area contributed by atoms with E-state index in [2.05, 4.69) is 29.7 Å². The van der Waals surface area contributed by atoms with Gasteiger partial charge in [0.2, 0.25) is 0 Å². The highest BCUT2D eigenvalue weighted by atomic mass is 19.1. The van der Waals surface area contributed by atoms with Crippen LogP contribution in [0, 0.1) is 11.7 Å². The zero-order chi connectivity index (χ0) is 17.6. The summed E-state index contributed by atoms with van der Waals surface area (Å²) in [6, 6.07) is 4.69. The molecule has 1 saturated heterocycles. The van der Waals surface area contributed by atoms with Crippen LogP contribution in [-0.2, 0) is 0 Å². The van der Waals surface area contributed by atoms with Crippen LogP contribution >= 0.6 is 0 Å². The van der Waals surface area contributed by atoms with Crippen LogP contribution in [0.1, 0.15) is 39.5 Å². The van der Waals surface area contributed by atoms with E-state index in [4.69, 9.17) is 4.74 Å². The number of hydrogen-bond donors (Lipinski definition) is 0. The number of ether oxygens (including phenoxy) is 1. The van der Waals surface area contributed by atoms with Gasteiger partial charge in [-0.15, -0.1) is 0 Å². The van der Waals surface area contributed by atoms with Crippen molar-refractivity contribution in [3.63, 3.8) is 0 Å². The molecule has 0 bridgehead atoms. The van der Waals surface area contributed by atoms with Gasteiger partial charge in [0.15, 0.2) is 0 Å². The Labute approximate surface area is 150 Å². The molecule has 0 saturated carbocycles. The third-order valence-corrected chi connectivity index (χ3v) is 4.96. The Balaban J connectivity index is 1.52. The smallest absolute Gasteiger partial charge is 0.150 e. The normalized spacial score (nSPS) is 18.7. The van der Waals surface area contributed by atoms with E-state index in [9.17, 15) is 4.39 Å². The van der Waals surface area contributed by atoms with Crippen LogP contribution in [0.15, 0.2) is 42.3 Å². The molecule has 3 rings (SSSR count). The zero-order valence-electron chi connectivity index (χ0n) is 15.4. The van der Waals surface area contributed by atoms with Crippen molar-refractivity contribution in [2.45, 2.75) is 39.5 Å². The molecule has 3 nitrogen and oxygen atoms in total. The maximum absolute atomic E-state index is 13.6. The molecular formula is C21H29FN2O. The number of nitrogens with zero attached hydrogens (tertiary/aromatic N) is 2. The lowest BCUT2D eigenvalue weighted by Crippen LogP contribution is -2.37. The predicted molar refractivity (Wildman–Crippen MR) is 101 cm³/mol. The minimum absolute atomic E-state index is 0.224. The van der Waals surface area contributed by atoms with Crippen molar-refractivity contribution >= 4 is 5.69 Å². The molecule has 2 aliphatic heterocycles. The van der Waals surface area contributed by atoms with Gasteiger partial charge in [0, 0.05) is 38.4 Å². The number of likely N-dealkylation sites (tertiary alicyclic amines) is 1. The Kier molecular flexibility index (Phi) is 6.14. The molecule has 0 aromatic heterocycles. The van der Waals surface area contributed by atoms with Crippen molar-refractivity contribution in [1.82, 2.24) is 4.90 Å². The number of piperidine rings is 1. The molecule has 25 heavy (non-hydrogen) atoms. The Morgan fingerprint density at radius 2 is 2.04 bits per heavy atom. The molecule has 1 fully saturated rings. The number of unbranched alkanes of at least 4 members (excludes halogenated alkanes) is 1.